The molecule has 0 heterocycles. The first-order valence-corrected chi connectivity index (χ1v) is 8.25. The standard InChI is InChI=1S/C14H13ClN2O2S2/c1-9-2-5-11(6-3-9)17-21(18,19)13-8-10(14(16)20)4-7-12(13)15/h2-8,17H,1H3,(H2,16,20). The Labute approximate surface area is 134 Å². The Morgan fingerprint density at radius 3 is 2.38 bits per heavy atom. The maximum absolute atomic E-state index is 12.4. The number of nitrogens with two attached hydrogens (primary N) is 1. The van der Waals surface area contributed by atoms with Crippen molar-refractivity contribution < 1.29 is 8.42 Å². The normalized spacial score (nSPS) is 11.1. The number of halogens is 1. The Hall–Kier alpha value is -1.63. The maximum Gasteiger partial charge on any atom is 0.263 e. The lowest BCUT2D eigenvalue weighted by Gasteiger charge is -2.11. The quantitative estimate of drug-likeness (QED) is 0.839. The number of nitrogens with one attached hydrogen (secondary N) is 1. The van der Waals surface area contributed by atoms with Gasteiger partial charge in [-0.15, -0.1) is 0 Å². The molecule has 0 fully saturated rings. The molecule has 0 saturated heterocycles. The molecule has 0 radical (unpaired) electrons. The molecule has 0 spiro atoms. The lowest BCUT2D eigenvalue weighted by molar-refractivity contribution is 0.601. The molecule has 0 saturated carbocycles. The van der Waals surface area contributed by atoms with E-state index in [1.165, 1.54) is 12.1 Å². The summed E-state index contributed by atoms with van der Waals surface area (Å²) in [5.74, 6) is 0. The predicted molar refractivity (Wildman–Crippen MR) is 89.3 cm³/mol. The Morgan fingerprint density at radius 2 is 1.81 bits per heavy atom. The molecule has 2 rings (SSSR count). The van der Waals surface area contributed by atoms with Gasteiger partial charge in [0, 0.05) is 11.3 Å². The van der Waals surface area contributed by atoms with E-state index in [1.54, 1.807) is 18.2 Å². The number of rotatable bonds is 4. The third kappa shape index (κ3) is 3.72. The lowest BCUT2D eigenvalue weighted by atomic mass is 10.2. The number of hydrogen-bond acceptors (Lipinski definition) is 3. The van der Waals surface area contributed by atoms with Crippen LogP contribution >= 0.6 is 23.8 Å². The van der Waals surface area contributed by atoms with Crippen LogP contribution < -0.4 is 10.5 Å². The number of aryl methyl sites for hydroxylation is 1. The van der Waals surface area contributed by atoms with Gasteiger partial charge < -0.3 is 5.73 Å². The molecule has 0 atom stereocenters. The van der Waals surface area contributed by atoms with E-state index in [0.29, 0.717) is 11.3 Å². The van der Waals surface area contributed by atoms with Crippen molar-refractivity contribution in [1.82, 2.24) is 0 Å². The van der Waals surface area contributed by atoms with Crippen molar-refractivity contribution in [3.05, 3.63) is 58.6 Å². The van der Waals surface area contributed by atoms with Gasteiger partial charge in [-0.3, -0.25) is 4.72 Å². The van der Waals surface area contributed by atoms with Crippen LogP contribution in [0.15, 0.2) is 47.4 Å². The molecule has 2 aromatic rings. The predicted octanol–water partition coefficient (Wildman–Crippen LogP) is 3.08. The van der Waals surface area contributed by atoms with Gasteiger partial charge in [-0.25, -0.2) is 8.42 Å². The number of thiocarbonyl (C=S) groups is 1. The molecular formula is C14H13ClN2O2S2. The molecule has 4 nitrogen and oxygen atoms in total. The highest BCUT2D eigenvalue weighted by molar-refractivity contribution is 7.92. The van der Waals surface area contributed by atoms with Gasteiger partial charge >= 0.3 is 0 Å². The van der Waals surface area contributed by atoms with Gasteiger partial charge in [0.2, 0.25) is 0 Å². The second kappa shape index (κ2) is 6.01. The van der Waals surface area contributed by atoms with E-state index < -0.39 is 10.0 Å². The minimum absolute atomic E-state index is 0.0601. The van der Waals surface area contributed by atoms with Crippen molar-refractivity contribution in [3.8, 4) is 0 Å². The number of benzene rings is 2. The van der Waals surface area contributed by atoms with Crippen molar-refractivity contribution >= 4 is 44.5 Å². The molecule has 3 N–H and O–H groups in total. The van der Waals surface area contributed by atoms with E-state index in [4.69, 9.17) is 29.6 Å². The number of anilines is 1. The molecule has 110 valence electrons. The molecule has 7 heteroatoms. The van der Waals surface area contributed by atoms with Gasteiger partial charge in [0.25, 0.3) is 10.0 Å². The topological polar surface area (TPSA) is 72.2 Å². The van der Waals surface area contributed by atoms with Gasteiger partial charge in [-0.2, -0.15) is 0 Å². The van der Waals surface area contributed by atoms with Gasteiger partial charge in [0.1, 0.15) is 9.88 Å². The molecule has 0 aliphatic carbocycles. The Balaban J connectivity index is 2.41. The molecule has 21 heavy (non-hydrogen) atoms. The third-order valence-corrected chi connectivity index (χ3v) is 4.91. The molecule has 0 aliphatic heterocycles. The summed E-state index contributed by atoms with van der Waals surface area (Å²) in [6.45, 7) is 1.92. The molecule has 0 amide bonds. The molecule has 0 bridgehead atoms. The average Bonchev–Trinajstić information content (AvgIpc) is 2.41. The SMILES string of the molecule is Cc1ccc(NS(=O)(=O)c2cc(C(N)=S)ccc2Cl)cc1. The van der Waals surface area contributed by atoms with E-state index in [2.05, 4.69) is 4.72 Å². The molecule has 2 aromatic carbocycles. The summed E-state index contributed by atoms with van der Waals surface area (Å²) in [5.41, 5.74) is 7.45. The first-order chi connectivity index (χ1) is 9.79. The minimum atomic E-state index is -3.81. The molecule has 0 aromatic heterocycles. The van der Waals surface area contributed by atoms with Crippen molar-refractivity contribution in [2.24, 2.45) is 5.73 Å². The van der Waals surface area contributed by atoms with Crippen LogP contribution in [0.4, 0.5) is 5.69 Å². The largest absolute Gasteiger partial charge is 0.389 e. The van der Waals surface area contributed by atoms with Gasteiger partial charge in [-0.1, -0.05) is 47.6 Å². The summed E-state index contributed by atoms with van der Waals surface area (Å²) in [6, 6.07) is 11.4. The van der Waals surface area contributed by atoms with Crippen LogP contribution in [-0.4, -0.2) is 13.4 Å². The first kappa shape index (κ1) is 15.8. The highest BCUT2D eigenvalue weighted by Gasteiger charge is 2.19. The minimum Gasteiger partial charge on any atom is -0.389 e. The van der Waals surface area contributed by atoms with E-state index >= 15 is 0 Å². The average molecular weight is 341 g/mol. The second-order valence-electron chi connectivity index (χ2n) is 4.48. The van der Waals surface area contributed by atoms with Gasteiger partial charge in [0.05, 0.1) is 5.02 Å². The Kier molecular flexibility index (Phi) is 4.51. The van der Waals surface area contributed by atoms with Crippen LogP contribution in [-0.2, 0) is 10.0 Å². The van der Waals surface area contributed by atoms with E-state index in [9.17, 15) is 8.42 Å². The Morgan fingerprint density at radius 1 is 1.19 bits per heavy atom. The first-order valence-electron chi connectivity index (χ1n) is 5.98. The summed E-state index contributed by atoms with van der Waals surface area (Å²) in [4.78, 5) is 0.0495. The van der Waals surface area contributed by atoms with Crippen molar-refractivity contribution in [2.45, 2.75) is 11.8 Å². The third-order valence-electron chi connectivity index (χ3n) is 2.81. The fraction of sp³-hybridized carbons (Fsp3) is 0.0714. The highest BCUT2D eigenvalue weighted by Crippen LogP contribution is 2.25. The summed E-state index contributed by atoms with van der Waals surface area (Å²) in [5, 5.41) is 0.106. The molecule has 0 aliphatic rings. The van der Waals surface area contributed by atoms with Gasteiger partial charge in [-0.05, 0) is 31.2 Å². The van der Waals surface area contributed by atoms with E-state index in [0.717, 1.165) is 5.56 Å². The Bertz CT molecular complexity index is 787. The second-order valence-corrected chi connectivity index (χ2v) is 6.98. The van der Waals surface area contributed by atoms with E-state index in [1.807, 2.05) is 19.1 Å². The zero-order chi connectivity index (χ0) is 15.6. The zero-order valence-electron chi connectivity index (χ0n) is 11.1. The molecule has 0 unspecified atom stereocenters. The van der Waals surface area contributed by atoms with Crippen LogP contribution in [0, 0.1) is 6.92 Å². The summed E-state index contributed by atoms with van der Waals surface area (Å²) < 4.78 is 27.3. The van der Waals surface area contributed by atoms with Crippen LogP contribution in [0.5, 0.6) is 0 Å². The van der Waals surface area contributed by atoms with Gasteiger partial charge in [0.15, 0.2) is 0 Å². The summed E-state index contributed by atoms with van der Waals surface area (Å²) in [7, 11) is -3.81. The summed E-state index contributed by atoms with van der Waals surface area (Å²) in [6.07, 6.45) is 0. The number of hydrogen-bond donors (Lipinski definition) is 2. The number of sulfonamides is 1. The van der Waals surface area contributed by atoms with Crippen LogP contribution in [0.2, 0.25) is 5.02 Å². The highest BCUT2D eigenvalue weighted by atomic mass is 35.5. The fourth-order valence-corrected chi connectivity index (χ4v) is 3.41. The zero-order valence-corrected chi connectivity index (χ0v) is 13.5. The van der Waals surface area contributed by atoms with Crippen LogP contribution in [0.1, 0.15) is 11.1 Å². The van der Waals surface area contributed by atoms with Crippen LogP contribution in [0.3, 0.4) is 0 Å². The monoisotopic (exact) mass is 340 g/mol. The van der Waals surface area contributed by atoms with Crippen molar-refractivity contribution in [1.29, 1.82) is 0 Å². The van der Waals surface area contributed by atoms with E-state index in [-0.39, 0.29) is 14.9 Å². The fourth-order valence-electron chi connectivity index (χ4n) is 1.69. The summed E-state index contributed by atoms with van der Waals surface area (Å²) >= 11 is 10.8. The lowest BCUT2D eigenvalue weighted by Crippen LogP contribution is -2.16. The molecular weight excluding hydrogens is 328 g/mol. The van der Waals surface area contributed by atoms with Crippen molar-refractivity contribution in [2.75, 3.05) is 4.72 Å². The van der Waals surface area contributed by atoms with Crippen LogP contribution in [0.25, 0.3) is 0 Å². The van der Waals surface area contributed by atoms with Crippen molar-refractivity contribution in [3.63, 3.8) is 0 Å². The smallest absolute Gasteiger partial charge is 0.263 e. The maximum atomic E-state index is 12.4.